The highest BCUT2D eigenvalue weighted by Gasteiger charge is 2.45. The van der Waals surface area contributed by atoms with Gasteiger partial charge in [-0.1, -0.05) is 41.9 Å². The molecule has 5 aromatic rings. The first-order valence-corrected chi connectivity index (χ1v) is 18.5. The van der Waals surface area contributed by atoms with Gasteiger partial charge in [-0.15, -0.1) is 0 Å². The number of nitrogens with zero attached hydrogens (tertiary/aromatic N) is 5. The number of likely N-dealkylation sites (tertiary alicyclic amines) is 1. The third kappa shape index (κ3) is 6.24. The van der Waals surface area contributed by atoms with Crippen LogP contribution in [-0.2, 0) is 31.5 Å². The summed E-state index contributed by atoms with van der Waals surface area (Å²) in [6.07, 6.45) is 0.298. The van der Waals surface area contributed by atoms with Crippen LogP contribution in [0.4, 0.5) is 24.7 Å². The average molecular weight is 774 g/mol. The molecular formula is C40H39ClF3N7O4. The van der Waals surface area contributed by atoms with Crippen LogP contribution < -0.4 is 26.6 Å². The number of rotatable bonds is 6. The number of carbonyl (C=O) groups is 1. The summed E-state index contributed by atoms with van der Waals surface area (Å²) in [5.41, 5.74) is 2.75. The van der Waals surface area contributed by atoms with Crippen LogP contribution in [0.25, 0.3) is 33.3 Å². The van der Waals surface area contributed by atoms with Crippen LogP contribution in [0, 0.1) is 6.92 Å². The molecule has 2 saturated heterocycles. The van der Waals surface area contributed by atoms with Crippen molar-refractivity contribution >= 4 is 39.9 Å². The number of anilines is 2. The van der Waals surface area contributed by atoms with E-state index in [1.54, 1.807) is 26.2 Å². The van der Waals surface area contributed by atoms with Crippen molar-refractivity contribution in [2.75, 3.05) is 25.5 Å². The first-order chi connectivity index (χ1) is 26.2. The highest BCUT2D eigenvalue weighted by Crippen LogP contribution is 2.47. The number of methoxy groups -OCH3 is 1. The Morgan fingerprint density at radius 3 is 2.47 bits per heavy atom. The molecule has 1 aliphatic carbocycles. The maximum absolute atomic E-state index is 14.0. The number of aromatic nitrogens is 4. The Morgan fingerprint density at radius 1 is 0.982 bits per heavy atom. The third-order valence-corrected chi connectivity index (χ3v) is 11.9. The summed E-state index contributed by atoms with van der Waals surface area (Å²) in [7, 11) is 4.18. The van der Waals surface area contributed by atoms with E-state index in [4.69, 9.17) is 21.3 Å². The van der Waals surface area contributed by atoms with Crippen LogP contribution in [0.5, 0.6) is 5.88 Å². The van der Waals surface area contributed by atoms with Gasteiger partial charge in [0.1, 0.15) is 16.9 Å². The monoisotopic (exact) mass is 773 g/mol. The predicted molar refractivity (Wildman–Crippen MR) is 204 cm³/mol. The predicted octanol–water partition coefficient (Wildman–Crippen LogP) is 6.83. The van der Waals surface area contributed by atoms with Gasteiger partial charge in [0.15, 0.2) is 0 Å². The SMILES string of the molecule is COc1nc(-c2cccc(-c3cccc(Nc4nc(C(F)(F)F)cc5c4c(=O)n(C)c(=O)n5C)c3C)c2Cl)cc2c1C(N1CCC3(CCCC(=O)N3)C1)CC2. The Bertz CT molecular complexity index is 2530. The lowest BCUT2D eigenvalue weighted by molar-refractivity contribution is -0.141. The fourth-order valence-corrected chi connectivity index (χ4v) is 9.00. The molecule has 3 aromatic heterocycles. The Morgan fingerprint density at radius 2 is 1.73 bits per heavy atom. The molecule has 2 N–H and O–H groups in total. The second kappa shape index (κ2) is 13.5. The lowest BCUT2D eigenvalue weighted by atomic mass is 9.88. The summed E-state index contributed by atoms with van der Waals surface area (Å²) in [6.45, 7) is 3.47. The number of halogens is 4. The molecule has 2 fully saturated rings. The van der Waals surface area contributed by atoms with Gasteiger partial charge in [0, 0.05) is 62.0 Å². The molecule has 1 amide bonds. The number of fused-ring (bicyclic) bond motifs is 2. The van der Waals surface area contributed by atoms with E-state index >= 15 is 0 Å². The van der Waals surface area contributed by atoms with Gasteiger partial charge < -0.3 is 15.4 Å². The van der Waals surface area contributed by atoms with E-state index < -0.39 is 23.1 Å². The molecule has 3 aliphatic rings. The van der Waals surface area contributed by atoms with Crippen LogP contribution in [-0.4, -0.2) is 55.6 Å². The zero-order chi connectivity index (χ0) is 39.0. The highest BCUT2D eigenvalue weighted by atomic mass is 35.5. The van der Waals surface area contributed by atoms with E-state index in [0.717, 1.165) is 65.5 Å². The topological polar surface area (TPSA) is 123 Å². The summed E-state index contributed by atoms with van der Waals surface area (Å²) < 4.78 is 49.8. The minimum atomic E-state index is -4.84. The van der Waals surface area contributed by atoms with Gasteiger partial charge in [0.2, 0.25) is 11.8 Å². The quantitative estimate of drug-likeness (QED) is 0.193. The summed E-state index contributed by atoms with van der Waals surface area (Å²) >= 11 is 7.20. The zero-order valence-electron chi connectivity index (χ0n) is 30.7. The number of hydrogen-bond acceptors (Lipinski definition) is 8. The lowest BCUT2D eigenvalue weighted by Crippen LogP contribution is -2.53. The number of carbonyl (C=O) groups excluding carboxylic acids is 1. The average Bonchev–Trinajstić information content (AvgIpc) is 3.77. The van der Waals surface area contributed by atoms with Crippen molar-refractivity contribution in [3.05, 3.63) is 96.8 Å². The van der Waals surface area contributed by atoms with Crippen molar-refractivity contribution in [3.63, 3.8) is 0 Å². The molecule has 2 unspecified atom stereocenters. The molecule has 2 aliphatic heterocycles. The summed E-state index contributed by atoms with van der Waals surface area (Å²) in [4.78, 5) is 49.4. The maximum Gasteiger partial charge on any atom is 0.433 e. The molecule has 11 nitrogen and oxygen atoms in total. The number of amides is 1. The first-order valence-electron chi connectivity index (χ1n) is 18.2. The number of alkyl halides is 3. The second-order valence-electron chi connectivity index (χ2n) is 14.8. The summed E-state index contributed by atoms with van der Waals surface area (Å²) in [6, 6.07) is 13.8. The molecule has 5 heterocycles. The van der Waals surface area contributed by atoms with Gasteiger partial charge in [-0.2, -0.15) is 13.2 Å². The van der Waals surface area contributed by atoms with Gasteiger partial charge >= 0.3 is 11.9 Å². The molecule has 2 atom stereocenters. The number of pyridine rings is 2. The van der Waals surface area contributed by atoms with E-state index in [2.05, 4.69) is 26.6 Å². The van der Waals surface area contributed by atoms with Crippen LogP contribution in [0.1, 0.15) is 60.5 Å². The van der Waals surface area contributed by atoms with E-state index in [0.29, 0.717) is 57.0 Å². The number of benzene rings is 2. The Labute approximate surface area is 319 Å². The molecule has 0 radical (unpaired) electrons. The van der Waals surface area contributed by atoms with Crippen LogP contribution in [0.2, 0.25) is 5.02 Å². The largest absolute Gasteiger partial charge is 0.481 e. The minimum Gasteiger partial charge on any atom is -0.481 e. The van der Waals surface area contributed by atoms with Crippen molar-refractivity contribution in [1.82, 2.24) is 29.3 Å². The van der Waals surface area contributed by atoms with E-state index in [1.165, 1.54) is 14.1 Å². The molecular weight excluding hydrogens is 735 g/mol. The molecule has 0 saturated carbocycles. The maximum atomic E-state index is 14.0. The normalized spacial score (nSPS) is 19.9. The molecule has 286 valence electrons. The van der Waals surface area contributed by atoms with E-state index in [-0.39, 0.29) is 34.2 Å². The first kappa shape index (κ1) is 36.8. The van der Waals surface area contributed by atoms with Crippen molar-refractivity contribution in [1.29, 1.82) is 0 Å². The standard InChI is InChI=1S/C40H39ClF3N7O4/c1-21-23(8-6-11-26(21)45-35-33-29(19-30(47-35)40(42,43)44)49(2)38(54)50(3)37(33)53)24-9-5-10-25(34(24)41)27-18-22-13-14-28(32(22)36(46-27)55-4)51-17-16-39(20-51)15-7-12-31(52)48-39/h5-6,8-11,18-19,28H,7,12-17,20H2,1-4H3,(H,45,47)(H,48,52). The number of ether oxygens (including phenoxy) is 1. The van der Waals surface area contributed by atoms with Crippen molar-refractivity contribution < 1.29 is 22.7 Å². The third-order valence-electron chi connectivity index (χ3n) is 11.5. The van der Waals surface area contributed by atoms with Gasteiger partial charge in [-0.3, -0.25) is 23.6 Å². The lowest BCUT2D eigenvalue weighted by Gasteiger charge is -2.35. The van der Waals surface area contributed by atoms with Crippen LogP contribution in [0.15, 0.2) is 58.1 Å². The van der Waals surface area contributed by atoms with Gasteiger partial charge in [-0.05, 0) is 73.9 Å². The Hall–Kier alpha value is -5.21. The van der Waals surface area contributed by atoms with Crippen LogP contribution >= 0.6 is 11.6 Å². The van der Waals surface area contributed by atoms with E-state index in [9.17, 15) is 27.6 Å². The number of aryl methyl sites for hydroxylation is 2. The fourth-order valence-electron chi connectivity index (χ4n) is 8.68. The Kier molecular flexibility index (Phi) is 9.03. The molecule has 1 spiro atoms. The molecule has 2 aromatic carbocycles. The summed E-state index contributed by atoms with van der Waals surface area (Å²) in [5, 5.41) is 6.52. The highest BCUT2D eigenvalue weighted by molar-refractivity contribution is 6.36. The fraction of sp³-hybridized carbons (Fsp3) is 0.375. The van der Waals surface area contributed by atoms with Gasteiger partial charge in [-0.25, -0.2) is 14.8 Å². The molecule has 8 rings (SSSR count). The van der Waals surface area contributed by atoms with Crippen molar-refractivity contribution in [3.8, 4) is 28.3 Å². The second-order valence-corrected chi connectivity index (χ2v) is 15.1. The van der Waals surface area contributed by atoms with Crippen molar-refractivity contribution in [2.24, 2.45) is 14.1 Å². The Balaban J connectivity index is 1.15. The van der Waals surface area contributed by atoms with Gasteiger partial charge in [0.05, 0.1) is 28.9 Å². The zero-order valence-corrected chi connectivity index (χ0v) is 31.5. The van der Waals surface area contributed by atoms with Gasteiger partial charge in [0.25, 0.3) is 5.56 Å². The molecule has 55 heavy (non-hydrogen) atoms. The number of nitrogens with one attached hydrogen (secondary N) is 2. The van der Waals surface area contributed by atoms with Crippen molar-refractivity contribution in [2.45, 2.75) is 63.2 Å². The molecule has 0 bridgehead atoms. The minimum absolute atomic E-state index is 0.123. The number of piperidine rings is 1. The van der Waals surface area contributed by atoms with Crippen LogP contribution in [0.3, 0.4) is 0 Å². The smallest absolute Gasteiger partial charge is 0.433 e. The van der Waals surface area contributed by atoms with E-state index in [1.807, 2.05) is 24.3 Å². The number of hydrogen-bond donors (Lipinski definition) is 2. The summed E-state index contributed by atoms with van der Waals surface area (Å²) in [5.74, 6) is 0.335. The molecule has 15 heteroatoms.